The van der Waals surface area contributed by atoms with E-state index in [1.807, 2.05) is 0 Å². The molecule has 168 valence electrons. The Morgan fingerprint density at radius 1 is 1.16 bits per heavy atom. The molecule has 0 saturated carbocycles. The van der Waals surface area contributed by atoms with E-state index in [-0.39, 0.29) is 0 Å². The minimum atomic E-state index is -0.940. The van der Waals surface area contributed by atoms with Gasteiger partial charge < -0.3 is 15.5 Å². The first-order chi connectivity index (χ1) is 14.8. The van der Waals surface area contributed by atoms with Gasteiger partial charge in [-0.1, -0.05) is 61.9 Å². The van der Waals surface area contributed by atoms with Gasteiger partial charge in [-0.05, 0) is 25.5 Å². The number of halogens is 2. The van der Waals surface area contributed by atoms with Crippen LogP contribution in [0.1, 0.15) is 46.0 Å². The number of amides is 4. The molecule has 3 N–H and O–H groups in total. The number of hydrogen-bond acceptors (Lipinski definition) is 4. The van der Waals surface area contributed by atoms with E-state index in [1.165, 1.54) is 0 Å². The topological polar surface area (TPSA) is 90.5 Å². The van der Waals surface area contributed by atoms with E-state index in [2.05, 4.69) is 22.9 Å². The van der Waals surface area contributed by atoms with E-state index in [0.717, 1.165) is 25.7 Å². The fraction of sp³-hybridized carbons (Fsp3) is 0.500. The fourth-order valence-corrected chi connectivity index (χ4v) is 4.89. The smallest absolute Gasteiger partial charge is 0.312 e. The zero-order chi connectivity index (χ0) is 22.6. The van der Waals surface area contributed by atoms with Crippen LogP contribution in [-0.4, -0.2) is 47.9 Å². The summed E-state index contributed by atoms with van der Waals surface area (Å²) < 4.78 is 0. The molecule has 4 amide bonds. The van der Waals surface area contributed by atoms with E-state index >= 15 is 0 Å². The predicted octanol–water partition coefficient (Wildman–Crippen LogP) is 4.11. The van der Waals surface area contributed by atoms with E-state index in [1.54, 1.807) is 30.0 Å². The van der Waals surface area contributed by atoms with Crippen LogP contribution < -0.4 is 16.0 Å². The number of nitrogens with zero attached hydrogens (tertiary/aromatic N) is 1. The second-order valence-electron chi connectivity index (χ2n) is 7.98. The van der Waals surface area contributed by atoms with Crippen molar-refractivity contribution in [3.8, 4) is 0 Å². The van der Waals surface area contributed by atoms with Crippen molar-refractivity contribution in [2.45, 2.75) is 51.5 Å². The lowest BCUT2D eigenvalue weighted by Crippen LogP contribution is -2.65. The molecular weight excluding hydrogens is 439 g/mol. The molecule has 1 atom stereocenters. The largest absolute Gasteiger partial charge is 0.322 e. The maximum absolute atomic E-state index is 13.5. The lowest BCUT2D eigenvalue weighted by Gasteiger charge is -2.48. The van der Waals surface area contributed by atoms with Crippen LogP contribution in [0.2, 0.25) is 10.0 Å². The lowest BCUT2D eigenvalue weighted by molar-refractivity contribution is -0.124. The monoisotopic (exact) mass is 466 g/mol. The SMILES string of the molecule is CCCCCCC1(C2=C(C)C(=O)NC2=O)CNCCN1C(=O)Nc1c(Cl)cccc1Cl. The number of anilines is 1. The molecular formula is C22H28Cl2N4O3. The minimum absolute atomic E-state index is 0.326. The summed E-state index contributed by atoms with van der Waals surface area (Å²) in [6.45, 7) is 5.10. The highest BCUT2D eigenvalue weighted by Gasteiger charge is 2.50. The fourth-order valence-electron chi connectivity index (χ4n) is 4.40. The first-order valence-corrected chi connectivity index (χ1v) is 11.4. The van der Waals surface area contributed by atoms with Crippen LogP contribution >= 0.6 is 23.2 Å². The maximum atomic E-state index is 13.5. The number of hydrogen-bond donors (Lipinski definition) is 3. The van der Waals surface area contributed by atoms with Crippen LogP contribution in [0, 0.1) is 0 Å². The number of para-hydroxylation sites is 1. The molecule has 0 aromatic heterocycles. The number of carbonyl (C=O) groups excluding carboxylic acids is 3. The number of nitrogens with one attached hydrogen (secondary N) is 3. The molecule has 3 rings (SSSR count). The Balaban J connectivity index is 1.99. The van der Waals surface area contributed by atoms with Crippen molar-refractivity contribution >= 4 is 46.7 Å². The summed E-state index contributed by atoms with van der Waals surface area (Å²) in [6, 6.07) is 4.59. The normalized spacial score (nSPS) is 21.5. The Labute approximate surface area is 192 Å². The molecule has 1 unspecified atom stereocenters. The second kappa shape index (κ2) is 10.0. The maximum Gasteiger partial charge on any atom is 0.322 e. The molecule has 2 aliphatic heterocycles. The first-order valence-electron chi connectivity index (χ1n) is 10.6. The third-order valence-electron chi connectivity index (χ3n) is 5.97. The van der Waals surface area contributed by atoms with Gasteiger partial charge in [0.25, 0.3) is 11.8 Å². The molecule has 0 aliphatic carbocycles. The number of rotatable bonds is 7. The predicted molar refractivity (Wildman–Crippen MR) is 122 cm³/mol. The number of urea groups is 1. The van der Waals surface area contributed by atoms with Crippen LogP contribution in [-0.2, 0) is 9.59 Å². The quantitative estimate of drug-likeness (QED) is 0.416. The average molecular weight is 467 g/mol. The lowest BCUT2D eigenvalue weighted by atomic mass is 9.79. The molecule has 2 heterocycles. The van der Waals surface area contributed by atoms with Crippen molar-refractivity contribution in [3.05, 3.63) is 39.4 Å². The van der Waals surface area contributed by atoms with Crippen molar-refractivity contribution in [1.29, 1.82) is 0 Å². The van der Waals surface area contributed by atoms with Gasteiger partial charge in [-0.3, -0.25) is 14.9 Å². The molecule has 31 heavy (non-hydrogen) atoms. The van der Waals surface area contributed by atoms with E-state index in [9.17, 15) is 14.4 Å². The van der Waals surface area contributed by atoms with Crippen molar-refractivity contribution in [1.82, 2.24) is 15.5 Å². The van der Waals surface area contributed by atoms with Crippen LogP contribution in [0.3, 0.4) is 0 Å². The molecule has 0 radical (unpaired) electrons. The summed E-state index contributed by atoms with van der Waals surface area (Å²) in [4.78, 5) is 40.2. The highest BCUT2D eigenvalue weighted by Crippen LogP contribution is 2.38. The van der Waals surface area contributed by atoms with Gasteiger partial charge in [0.2, 0.25) is 0 Å². The van der Waals surface area contributed by atoms with Gasteiger partial charge >= 0.3 is 6.03 Å². The summed E-state index contributed by atoms with van der Waals surface area (Å²) >= 11 is 12.5. The zero-order valence-corrected chi connectivity index (χ0v) is 19.3. The van der Waals surface area contributed by atoms with Gasteiger partial charge in [0.15, 0.2) is 0 Å². The number of carbonyl (C=O) groups is 3. The molecule has 2 aliphatic rings. The molecule has 1 aromatic carbocycles. The van der Waals surface area contributed by atoms with E-state index < -0.39 is 23.4 Å². The zero-order valence-electron chi connectivity index (χ0n) is 17.8. The van der Waals surface area contributed by atoms with Crippen LogP contribution in [0.5, 0.6) is 0 Å². The van der Waals surface area contributed by atoms with Crippen LogP contribution in [0.15, 0.2) is 29.3 Å². The van der Waals surface area contributed by atoms with E-state index in [4.69, 9.17) is 23.2 Å². The average Bonchev–Trinajstić information content (AvgIpc) is 3.00. The molecule has 0 bridgehead atoms. The second-order valence-corrected chi connectivity index (χ2v) is 8.80. The Hall–Kier alpha value is -2.09. The van der Waals surface area contributed by atoms with Gasteiger partial charge in [0.05, 0.1) is 26.8 Å². The standard InChI is InChI=1S/C22H28Cl2N4O3/c1-3-4-5-6-10-22(17-14(2)19(29)27-20(17)30)13-25-11-12-28(22)21(31)26-18-15(23)8-7-9-16(18)24/h7-9,25H,3-6,10-13H2,1-2H3,(H,26,31)(H,27,29,30). The van der Waals surface area contributed by atoms with Crippen molar-refractivity contribution < 1.29 is 14.4 Å². The Morgan fingerprint density at radius 3 is 2.48 bits per heavy atom. The summed E-state index contributed by atoms with van der Waals surface area (Å²) in [5.41, 5.74) is 0.107. The Kier molecular flexibility index (Phi) is 7.62. The molecule has 7 nitrogen and oxygen atoms in total. The molecule has 1 fully saturated rings. The van der Waals surface area contributed by atoms with Crippen molar-refractivity contribution in [2.24, 2.45) is 0 Å². The van der Waals surface area contributed by atoms with Gasteiger partial charge in [-0.15, -0.1) is 0 Å². The highest BCUT2D eigenvalue weighted by atomic mass is 35.5. The molecule has 0 spiro atoms. The summed E-state index contributed by atoms with van der Waals surface area (Å²) in [5.74, 6) is -0.844. The Morgan fingerprint density at radius 2 is 1.87 bits per heavy atom. The highest BCUT2D eigenvalue weighted by molar-refractivity contribution is 6.39. The van der Waals surface area contributed by atoms with Crippen molar-refractivity contribution in [3.63, 3.8) is 0 Å². The van der Waals surface area contributed by atoms with Gasteiger partial charge in [-0.2, -0.15) is 0 Å². The number of imide groups is 1. The van der Waals surface area contributed by atoms with E-state index in [0.29, 0.717) is 52.9 Å². The summed E-state index contributed by atoms with van der Waals surface area (Å²) in [7, 11) is 0. The molecule has 9 heteroatoms. The molecule has 1 saturated heterocycles. The minimum Gasteiger partial charge on any atom is -0.312 e. The van der Waals surface area contributed by atoms with Crippen LogP contribution in [0.25, 0.3) is 0 Å². The van der Waals surface area contributed by atoms with Crippen molar-refractivity contribution in [2.75, 3.05) is 25.0 Å². The summed E-state index contributed by atoms with van der Waals surface area (Å²) in [5, 5.41) is 9.19. The van der Waals surface area contributed by atoms with Gasteiger partial charge in [0.1, 0.15) is 0 Å². The third kappa shape index (κ3) is 4.73. The molecule has 1 aromatic rings. The first kappa shape index (κ1) is 23.6. The number of benzene rings is 1. The van der Waals surface area contributed by atoms with Gasteiger partial charge in [0, 0.05) is 25.2 Å². The van der Waals surface area contributed by atoms with Gasteiger partial charge in [-0.25, -0.2) is 4.79 Å². The number of piperazine rings is 1. The van der Waals surface area contributed by atoms with Crippen LogP contribution in [0.4, 0.5) is 10.5 Å². The number of unbranched alkanes of at least 4 members (excludes halogenated alkanes) is 3. The third-order valence-corrected chi connectivity index (χ3v) is 6.60. The Bertz CT molecular complexity index is 898. The summed E-state index contributed by atoms with van der Waals surface area (Å²) in [6.07, 6.45) is 4.50.